The third-order valence-electron chi connectivity index (χ3n) is 2.83. The van der Waals surface area contributed by atoms with Gasteiger partial charge in [-0.15, -0.1) is 0 Å². The van der Waals surface area contributed by atoms with Gasteiger partial charge < -0.3 is 19.5 Å². The van der Waals surface area contributed by atoms with Gasteiger partial charge in [0.25, 0.3) is 0 Å². The first-order chi connectivity index (χ1) is 7.83. The minimum absolute atomic E-state index is 0.398. The number of nitrogens with one attached hydrogen (secondary N) is 1. The average molecular weight is 231 g/mol. The Morgan fingerprint density at radius 3 is 2.69 bits per heavy atom. The Morgan fingerprint density at radius 2 is 2.00 bits per heavy atom. The molecule has 0 aromatic heterocycles. The molecule has 16 heavy (non-hydrogen) atoms. The first-order valence-electron chi connectivity index (χ1n) is 6.24. The molecule has 0 spiro atoms. The molecule has 0 aromatic rings. The van der Waals surface area contributed by atoms with E-state index in [2.05, 4.69) is 12.2 Å². The van der Waals surface area contributed by atoms with Crippen LogP contribution in [0.25, 0.3) is 0 Å². The maximum Gasteiger partial charge on any atom is 0.0700 e. The summed E-state index contributed by atoms with van der Waals surface area (Å²) in [5.74, 6) is 0. The summed E-state index contributed by atoms with van der Waals surface area (Å²) >= 11 is 0. The summed E-state index contributed by atoms with van der Waals surface area (Å²) in [7, 11) is 1.68. The molecule has 1 aliphatic rings. The maximum absolute atomic E-state index is 5.76. The zero-order valence-corrected chi connectivity index (χ0v) is 10.5. The molecule has 4 nitrogen and oxygen atoms in total. The van der Waals surface area contributed by atoms with Gasteiger partial charge in [0.05, 0.1) is 19.3 Å². The van der Waals surface area contributed by atoms with Gasteiger partial charge in [-0.2, -0.15) is 0 Å². The predicted octanol–water partition coefficient (Wildman–Crippen LogP) is 1.20. The second-order valence-electron chi connectivity index (χ2n) is 4.34. The second kappa shape index (κ2) is 8.93. The highest BCUT2D eigenvalue weighted by Crippen LogP contribution is 2.10. The van der Waals surface area contributed by atoms with E-state index in [0.717, 1.165) is 26.2 Å². The average Bonchev–Trinajstić information content (AvgIpc) is 2.30. The monoisotopic (exact) mass is 231 g/mol. The number of ether oxygens (including phenoxy) is 3. The molecule has 1 N–H and O–H groups in total. The summed E-state index contributed by atoms with van der Waals surface area (Å²) in [5.41, 5.74) is 0. The summed E-state index contributed by atoms with van der Waals surface area (Å²) in [6, 6.07) is 0.650. The SMILES string of the molecule is COCCOCCCOC1CCC(C)NC1. The number of hydrogen-bond donors (Lipinski definition) is 1. The molecule has 1 saturated heterocycles. The van der Waals surface area contributed by atoms with Gasteiger partial charge in [-0.05, 0) is 26.2 Å². The van der Waals surface area contributed by atoms with Crippen LogP contribution in [-0.4, -0.2) is 52.2 Å². The highest BCUT2D eigenvalue weighted by atomic mass is 16.5. The molecule has 0 radical (unpaired) electrons. The fraction of sp³-hybridized carbons (Fsp3) is 1.00. The van der Waals surface area contributed by atoms with Crippen molar-refractivity contribution in [3.05, 3.63) is 0 Å². The lowest BCUT2D eigenvalue weighted by Crippen LogP contribution is -2.41. The highest BCUT2D eigenvalue weighted by Gasteiger charge is 2.17. The van der Waals surface area contributed by atoms with Crippen molar-refractivity contribution in [2.75, 3.05) is 40.1 Å². The van der Waals surface area contributed by atoms with Crippen LogP contribution < -0.4 is 5.32 Å². The Morgan fingerprint density at radius 1 is 1.12 bits per heavy atom. The third-order valence-corrected chi connectivity index (χ3v) is 2.83. The van der Waals surface area contributed by atoms with Crippen LogP contribution in [0.1, 0.15) is 26.2 Å². The molecule has 1 heterocycles. The van der Waals surface area contributed by atoms with E-state index in [-0.39, 0.29) is 0 Å². The van der Waals surface area contributed by atoms with Gasteiger partial charge >= 0.3 is 0 Å². The molecule has 1 fully saturated rings. The fourth-order valence-electron chi connectivity index (χ4n) is 1.77. The number of piperidine rings is 1. The van der Waals surface area contributed by atoms with E-state index in [0.29, 0.717) is 25.4 Å². The van der Waals surface area contributed by atoms with Crippen molar-refractivity contribution in [3.8, 4) is 0 Å². The van der Waals surface area contributed by atoms with E-state index < -0.39 is 0 Å². The van der Waals surface area contributed by atoms with Crippen molar-refractivity contribution < 1.29 is 14.2 Å². The normalized spacial score (nSPS) is 25.9. The van der Waals surface area contributed by atoms with Crippen LogP contribution in [0, 0.1) is 0 Å². The summed E-state index contributed by atoms with van der Waals surface area (Å²) in [5, 5.41) is 3.43. The van der Waals surface area contributed by atoms with E-state index in [4.69, 9.17) is 14.2 Å². The predicted molar refractivity (Wildman–Crippen MR) is 63.8 cm³/mol. The van der Waals surface area contributed by atoms with Crippen LogP contribution in [0.15, 0.2) is 0 Å². The molecule has 96 valence electrons. The van der Waals surface area contributed by atoms with Crippen molar-refractivity contribution in [2.24, 2.45) is 0 Å². The quantitative estimate of drug-likeness (QED) is 0.637. The molecule has 2 unspecified atom stereocenters. The highest BCUT2D eigenvalue weighted by molar-refractivity contribution is 4.74. The molecule has 1 aliphatic heterocycles. The van der Waals surface area contributed by atoms with Crippen LogP contribution in [0.3, 0.4) is 0 Å². The summed E-state index contributed by atoms with van der Waals surface area (Å²) in [4.78, 5) is 0. The van der Waals surface area contributed by atoms with Crippen LogP contribution in [0.2, 0.25) is 0 Å². The Bertz CT molecular complexity index is 158. The lowest BCUT2D eigenvalue weighted by molar-refractivity contribution is 0.0104. The molecule has 0 aromatic carbocycles. The zero-order chi connectivity index (χ0) is 11.6. The van der Waals surface area contributed by atoms with Crippen molar-refractivity contribution in [3.63, 3.8) is 0 Å². The van der Waals surface area contributed by atoms with Gasteiger partial charge in [0.2, 0.25) is 0 Å². The van der Waals surface area contributed by atoms with E-state index in [1.807, 2.05) is 0 Å². The molecular formula is C12H25NO3. The van der Waals surface area contributed by atoms with Gasteiger partial charge in [0.1, 0.15) is 0 Å². The van der Waals surface area contributed by atoms with Gasteiger partial charge in [0, 0.05) is 32.9 Å². The van der Waals surface area contributed by atoms with Crippen molar-refractivity contribution >= 4 is 0 Å². The van der Waals surface area contributed by atoms with E-state index in [1.54, 1.807) is 7.11 Å². The van der Waals surface area contributed by atoms with E-state index in [9.17, 15) is 0 Å². The second-order valence-corrected chi connectivity index (χ2v) is 4.34. The molecule has 4 heteroatoms. The lowest BCUT2D eigenvalue weighted by Gasteiger charge is -2.27. The lowest BCUT2D eigenvalue weighted by atomic mass is 10.0. The Balaban J connectivity index is 1.84. The zero-order valence-electron chi connectivity index (χ0n) is 10.5. The standard InChI is InChI=1S/C12H25NO3/c1-11-4-5-12(10-13-11)16-7-3-6-15-9-8-14-2/h11-13H,3-10H2,1-2H3. The Hall–Kier alpha value is -0.160. The largest absolute Gasteiger partial charge is 0.382 e. The molecule has 0 saturated carbocycles. The van der Waals surface area contributed by atoms with Gasteiger partial charge in [-0.1, -0.05) is 0 Å². The molecule has 2 atom stereocenters. The number of hydrogen-bond acceptors (Lipinski definition) is 4. The first-order valence-corrected chi connectivity index (χ1v) is 6.24. The van der Waals surface area contributed by atoms with Gasteiger partial charge in [-0.25, -0.2) is 0 Å². The minimum Gasteiger partial charge on any atom is -0.382 e. The summed E-state index contributed by atoms with van der Waals surface area (Å²) < 4.78 is 16.0. The van der Waals surface area contributed by atoms with Gasteiger partial charge in [-0.3, -0.25) is 0 Å². The van der Waals surface area contributed by atoms with Crippen molar-refractivity contribution in [1.29, 1.82) is 0 Å². The van der Waals surface area contributed by atoms with Crippen LogP contribution in [0.4, 0.5) is 0 Å². The van der Waals surface area contributed by atoms with E-state index >= 15 is 0 Å². The topological polar surface area (TPSA) is 39.7 Å². The summed E-state index contributed by atoms with van der Waals surface area (Å²) in [6.07, 6.45) is 3.76. The Kier molecular flexibility index (Phi) is 7.76. The minimum atomic E-state index is 0.398. The number of methoxy groups -OCH3 is 1. The van der Waals surface area contributed by atoms with Crippen LogP contribution >= 0.6 is 0 Å². The van der Waals surface area contributed by atoms with Crippen molar-refractivity contribution in [1.82, 2.24) is 5.32 Å². The summed E-state index contributed by atoms with van der Waals surface area (Å²) in [6.45, 7) is 6.13. The first kappa shape index (κ1) is 13.9. The molecule has 0 amide bonds. The van der Waals surface area contributed by atoms with Crippen molar-refractivity contribution in [2.45, 2.75) is 38.3 Å². The molecule has 0 aliphatic carbocycles. The molecular weight excluding hydrogens is 206 g/mol. The molecule has 1 rings (SSSR count). The third kappa shape index (κ3) is 6.43. The van der Waals surface area contributed by atoms with Crippen LogP contribution in [0.5, 0.6) is 0 Å². The van der Waals surface area contributed by atoms with Crippen LogP contribution in [-0.2, 0) is 14.2 Å². The maximum atomic E-state index is 5.76. The Labute approximate surface area is 98.6 Å². The number of rotatable bonds is 8. The smallest absolute Gasteiger partial charge is 0.0700 e. The van der Waals surface area contributed by atoms with E-state index in [1.165, 1.54) is 12.8 Å². The fourth-order valence-corrected chi connectivity index (χ4v) is 1.77. The van der Waals surface area contributed by atoms with Gasteiger partial charge in [0.15, 0.2) is 0 Å². The molecule has 0 bridgehead atoms.